The Labute approximate surface area is 144 Å². The fraction of sp³-hybridized carbons (Fsp3) is 0.111. The number of nitrogens with zero attached hydrogens (tertiary/aromatic N) is 3. The van der Waals surface area contributed by atoms with Crippen LogP contribution in [0.5, 0.6) is 0 Å². The van der Waals surface area contributed by atoms with E-state index in [1.54, 1.807) is 55.5 Å². The van der Waals surface area contributed by atoms with Gasteiger partial charge in [-0.2, -0.15) is 15.8 Å². The van der Waals surface area contributed by atoms with Crippen molar-refractivity contribution in [1.29, 1.82) is 15.8 Å². The first kappa shape index (κ1) is 17.3. The fourth-order valence-electron chi connectivity index (χ4n) is 2.05. The molecule has 0 spiro atoms. The van der Waals surface area contributed by atoms with E-state index in [1.165, 1.54) is 6.26 Å². The summed E-state index contributed by atoms with van der Waals surface area (Å²) in [6.45, 7) is 2.03. The summed E-state index contributed by atoms with van der Waals surface area (Å²) in [4.78, 5) is 12.2. The van der Waals surface area contributed by atoms with Gasteiger partial charge < -0.3 is 15.1 Å². The van der Waals surface area contributed by atoms with Gasteiger partial charge in [0.05, 0.1) is 12.8 Å². The number of anilines is 1. The van der Waals surface area contributed by atoms with Gasteiger partial charge in [0.2, 0.25) is 0 Å². The second-order valence-corrected chi connectivity index (χ2v) is 5.00. The Morgan fingerprint density at radius 2 is 1.92 bits per heavy atom. The van der Waals surface area contributed by atoms with E-state index < -0.39 is 0 Å². The summed E-state index contributed by atoms with van der Waals surface area (Å²) in [7, 11) is 0. The van der Waals surface area contributed by atoms with Crippen LogP contribution in [-0.4, -0.2) is 5.91 Å². The first-order valence-electron chi connectivity index (χ1n) is 7.22. The molecule has 0 aliphatic heterocycles. The smallest absolute Gasteiger partial charge is 0.251 e. The van der Waals surface area contributed by atoms with Gasteiger partial charge in [-0.05, 0) is 42.8 Å². The maximum absolute atomic E-state index is 12.2. The average Bonchev–Trinajstić information content (AvgIpc) is 3.14. The molecule has 0 unspecified atom stereocenters. The van der Waals surface area contributed by atoms with Gasteiger partial charge in [-0.15, -0.1) is 0 Å². The molecule has 2 rings (SSSR count). The molecule has 1 aromatic heterocycles. The highest BCUT2D eigenvalue weighted by Gasteiger charge is 2.11. The predicted octanol–water partition coefficient (Wildman–Crippen LogP) is 2.75. The number of carbonyl (C=O) groups is 1. The van der Waals surface area contributed by atoms with E-state index in [1.807, 2.05) is 0 Å². The lowest BCUT2D eigenvalue weighted by Crippen LogP contribution is -2.22. The number of hydrogen-bond acceptors (Lipinski definition) is 6. The Kier molecular flexibility index (Phi) is 5.55. The van der Waals surface area contributed by atoms with Gasteiger partial charge in [0.1, 0.15) is 29.7 Å². The van der Waals surface area contributed by atoms with Crippen LogP contribution in [0.2, 0.25) is 0 Å². The van der Waals surface area contributed by atoms with Crippen molar-refractivity contribution in [3.63, 3.8) is 0 Å². The molecular formula is C18H13N5O2. The van der Waals surface area contributed by atoms with Crippen LogP contribution < -0.4 is 10.6 Å². The number of benzene rings is 1. The monoisotopic (exact) mass is 331 g/mol. The van der Waals surface area contributed by atoms with Crippen LogP contribution in [0.4, 0.5) is 5.69 Å². The third kappa shape index (κ3) is 4.25. The zero-order valence-corrected chi connectivity index (χ0v) is 13.3. The first-order chi connectivity index (χ1) is 12.1. The molecule has 122 valence electrons. The number of hydrogen-bond donors (Lipinski definition) is 2. The molecule has 0 saturated carbocycles. The predicted molar refractivity (Wildman–Crippen MR) is 88.5 cm³/mol. The van der Waals surface area contributed by atoms with Crippen molar-refractivity contribution in [2.24, 2.45) is 0 Å². The number of rotatable bonds is 5. The van der Waals surface area contributed by atoms with E-state index in [0.717, 1.165) is 0 Å². The van der Waals surface area contributed by atoms with Gasteiger partial charge in [-0.1, -0.05) is 0 Å². The van der Waals surface area contributed by atoms with Gasteiger partial charge in [0, 0.05) is 11.3 Å². The van der Waals surface area contributed by atoms with Crippen LogP contribution in [0.3, 0.4) is 0 Å². The van der Waals surface area contributed by atoms with Crippen LogP contribution in [0.15, 0.2) is 52.3 Å². The summed E-state index contributed by atoms with van der Waals surface area (Å²) in [5.41, 5.74) is 1.22. The van der Waals surface area contributed by atoms with E-state index in [0.29, 0.717) is 22.6 Å². The molecule has 1 aromatic carbocycles. The molecule has 0 atom stereocenters. The molecule has 25 heavy (non-hydrogen) atoms. The van der Waals surface area contributed by atoms with E-state index in [2.05, 4.69) is 10.6 Å². The highest BCUT2D eigenvalue weighted by atomic mass is 16.3. The molecule has 7 nitrogen and oxygen atoms in total. The largest absolute Gasteiger partial charge is 0.467 e. The minimum Gasteiger partial charge on any atom is -0.467 e. The van der Waals surface area contributed by atoms with Gasteiger partial charge in [0.15, 0.2) is 5.57 Å². The van der Waals surface area contributed by atoms with E-state index in [-0.39, 0.29) is 23.7 Å². The lowest BCUT2D eigenvalue weighted by Gasteiger charge is -2.10. The van der Waals surface area contributed by atoms with Gasteiger partial charge in [-0.3, -0.25) is 4.79 Å². The summed E-state index contributed by atoms with van der Waals surface area (Å²) >= 11 is 0. The molecule has 0 aliphatic rings. The standard InChI is InChI=1S/C18H13N5O2/c1-12-7-13(18(24)22-11-15-3-2-6-25-15)4-5-16(12)23-17(10-21)14(8-19)9-20/h2-7,23H,11H2,1H3,(H,22,24). The van der Waals surface area contributed by atoms with Crippen molar-refractivity contribution in [1.82, 2.24) is 5.32 Å². The maximum atomic E-state index is 12.2. The number of allylic oxidation sites excluding steroid dienone is 2. The Morgan fingerprint density at radius 3 is 2.48 bits per heavy atom. The first-order valence-corrected chi connectivity index (χ1v) is 7.22. The third-order valence-electron chi connectivity index (χ3n) is 3.34. The van der Waals surface area contributed by atoms with Crippen molar-refractivity contribution in [3.05, 3.63) is 64.8 Å². The number of nitriles is 3. The molecule has 0 bridgehead atoms. The van der Waals surface area contributed by atoms with E-state index in [4.69, 9.17) is 20.2 Å². The topological polar surface area (TPSA) is 126 Å². The Bertz CT molecular complexity index is 921. The van der Waals surface area contributed by atoms with Crippen molar-refractivity contribution in [3.8, 4) is 18.2 Å². The SMILES string of the molecule is Cc1cc(C(=O)NCc2ccco2)ccc1NC(C#N)=C(C#N)C#N. The van der Waals surface area contributed by atoms with Crippen LogP contribution in [0.25, 0.3) is 0 Å². The second kappa shape index (κ2) is 8.01. The molecular weight excluding hydrogens is 318 g/mol. The Morgan fingerprint density at radius 1 is 1.16 bits per heavy atom. The van der Waals surface area contributed by atoms with Crippen LogP contribution in [0, 0.1) is 40.9 Å². The molecule has 0 radical (unpaired) electrons. The average molecular weight is 331 g/mol. The van der Waals surface area contributed by atoms with E-state index in [9.17, 15) is 4.79 Å². The summed E-state index contributed by atoms with van der Waals surface area (Å²) in [6.07, 6.45) is 1.53. The molecule has 2 N–H and O–H groups in total. The highest BCUT2D eigenvalue weighted by molar-refractivity contribution is 5.94. The quantitative estimate of drug-likeness (QED) is 0.811. The summed E-state index contributed by atoms with van der Waals surface area (Å²) in [6, 6.07) is 13.5. The number of amides is 1. The van der Waals surface area contributed by atoms with Crippen LogP contribution in [0.1, 0.15) is 21.7 Å². The summed E-state index contributed by atoms with van der Waals surface area (Å²) in [5.74, 6) is 0.379. The highest BCUT2D eigenvalue weighted by Crippen LogP contribution is 2.19. The number of aryl methyl sites for hydroxylation is 1. The van der Waals surface area contributed by atoms with Gasteiger partial charge in [0.25, 0.3) is 5.91 Å². The third-order valence-corrected chi connectivity index (χ3v) is 3.34. The molecule has 7 heteroatoms. The second-order valence-electron chi connectivity index (χ2n) is 5.00. The maximum Gasteiger partial charge on any atom is 0.251 e. The van der Waals surface area contributed by atoms with Crippen molar-refractivity contribution in [2.45, 2.75) is 13.5 Å². The van der Waals surface area contributed by atoms with E-state index >= 15 is 0 Å². The van der Waals surface area contributed by atoms with Crippen LogP contribution >= 0.6 is 0 Å². The van der Waals surface area contributed by atoms with Gasteiger partial charge >= 0.3 is 0 Å². The number of carbonyl (C=O) groups excluding carboxylic acids is 1. The van der Waals surface area contributed by atoms with Gasteiger partial charge in [-0.25, -0.2) is 0 Å². The fourth-order valence-corrected chi connectivity index (χ4v) is 2.05. The normalized spacial score (nSPS) is 9.20. The summed E-state index contributed by atoms with van der Waals surface area (Å²) < 4.78 is 5.15. The minimum atomic E-state index is -0.304. The lowest BCUT2D eigenvalue weighted by molar-refractivity contribution is 0.0948. The number of furan rings is 1. The molecule has 0 fully saturated rings. The van der Waals surface area contributed by atoms with Crippen molar-refractivity contribution in [2.75, 3.05) is 5.32 Å². The zero-order valence-electron chi connectivity index (χ0n) is 13.3. The van der Waals surface area contributed by atoms with Crippen LogP contribution in [-0.2, 0) is 6.54 Å². The Hall–Kier alpha value is -4.02. The summed E-state index contributed by atoms with van der Waals surface area (Å²) in [5, 5.41) is 32.2. The zero-order chi connectivity index (χ0) is 18.2. The molecule has 1 heterocycles. The lowest BCUT2D eigenvalue weighted by atomic mass is 10.1. The number of nitrogens with one attached hydrogen (secondary N) is 2. The van der Waals surface area contributed by atoms with Crippen molar-refractivity contribution < 1.29 is 9.21 Å². The minimum absolute atomic E-state index is 0.136. The molecule has 0 saturated heterocycles. The van der Waals surface area contributed by atoms with Crippen molar-refractivity contribution >= 4 is 11.6 Å². The molecule has 2 aromatic rings. The molecule has 1 amide bonds. The Balaban J connectivity index is 2.14. The molecule has 0 aliphatic carbocycles.